The van der Waals surface area contributed by atoms with Gasteiger partial charge in [0.15, 0.2) is 0 Å². The van der Waals surface area contributed by atoms with Gasteiger partial charge >= 0.3 is 0 Å². The molecular formula is C13H25N3O2. The van der Waals surface area contributed by atoms with Crippen LogP contribution in [0.25, 0.3) is 0 Å². The Morgan fingerprint density at radius 2 is 2.17 bits per heavy atom. The van der Waals surface area contributed by atoms with Gasteiger partial charge in [-0.3, -0.25) is 9.59 Å². The van der Waals surface area contributed by atoms with Crippen molar-refractivity contribution in [3.8, 4) is 0 Å². The van der Waals surface area contributed by atoms with Crippen LogP contribution in [0.4, 0.5) is 0 Å². The van der Waals surface area contributed by atoms with Gasteiger partial charge in [0, 0.05) is 18.5 Å². The number of hydrogen-bond donors (Lipinski definition) is 3. The standard InChI is InChI=1S/C13H25N3O2/c1-4-6-15-12(17)10(3)16-13(18)11-5-7-14-9(2)8-11/h9-11,14H,4-8H2,1-3H3,(H,15,17)(H,16,18). The monoisotopic (exact) mass is 255 g/mol. The van der Waals surface area contributed by atoms with E-state index >= 15 is 0 Å². The van der Waals surface area contributed by atoms with E-state index in [9.17, 15) is 9.59 Å². The Labute approximate surface area is 109 Å². The van der Waals surface area contributed by atoms with Crippen LogP contribution in [0.1, 0.15) is 40.0 Å². The van der Waals surface area contributed by atoms with Crippen LogP contribution in [0.3, 0.4) is 0 Å². The van der Waals surface area contributed by atoms with E-state index in [0.717, 1.165) is 25.8 Å². The molecule has 1 aliphatic rings. The first-order chi connectivity index (χ1) is 8.54. The molecule has 0 aromatic heterocycles. The van der Waals surface area contributed by atoms with E-state index in [1.54, 1.807) is 6.92 Å². The van der Waals surface area contributed by atoms with Crippen molar-refractivity contribution in [1.29, 1.82) is 0 Å². The van der Waals surface area contributed by atoms with Crippen molar-refractivity contribution in [1.82, 2.24) is 16.0 Å². The highest BCUT2D eigenvalue weighted by Gasteiger charge is 2.26. The first-order valence-corrected chi connectivity index (χ1v) is 6.86. The van der Waals surface area contributed by atoms with Crippen molar-refractivity contribution >= 4 is 11.8 Å². The molecule has 104 valence electrons. The molecule has 5 nitrogen and oxygen atoms in total. The zero-order chi connectivity index (χ0) is 13.5. The molecule has 0 aliphatic carbocycles. The average Bonchev–Trinajstić information content (AvgIpc) is 2.35. The summed E-state index contributed by atoms with van der Waals surface area (Å²) < 4.78 is 0. The molecule has 0 spiro atoms. The third-order valence-corrected chi connectivity index (χ3v) is 3.30. The number of amides is 2. The summed E-state index contributed by atoms with van der Waals surface area (Å²) in [4.78, 5) is 23.7. The average molecular weight is 255 g/mol. The van der Waals surface area contributed by atoms with Crippen molar-refractivity contribution in [2.75, 3.05) is 13.1 Å². The molecule has 0 aromatic carbocycles. The minimum atomic E-state index is -0.450. The Hall–Kier alpha value is -1.10. The molecule has 0 bridgehead atoms. The van der Waals surface area contributed by atoms with Crippen molar-refractivity contribution in [3.63, 3.8) is 0 Å². The second kappa shape index (κ2) is 7.36. The third kappa shape index (κ3) is 4.64. The molecule has 0 radical (unpaired) electrons. The maximum absolute atomic E-state index is 12.0. The molecule has 18 heavy (non-hydrogen) atoms. The fourth-order valence-corrected chi connectivity index (χ4v) is 2.17. The first-order valence-electron chi connectivity index (χ1n) is 6.86. The quantitative estimate of drug-likeness (QED) is 0.666. The number of rotatable bonds is 5. The van der Waals surface area contributed by atoms with E-state index in [1.807, 2.05) is 6.92 Å². The number of nitrogens with one attached hydrogen (secondary N) is 3. The molecule has 1 rings (SSSR count). The molecule has 1 saturated heterocycles. The lowest BCUT2D eigenvalue weighted by molar-refractivity contribution is -0.131. The molecule has 3 unspecified atom stereocenters. The fraction of sp³-hybridized carbons (Fsp3) is 0.846. The number of hydrogen-bond acceptors (Lipinski definition) is 3. The maximum Gasteiger partial charge on any atom is 0.242 e. The van der Waals surface area contributed by atoms with Crippen molar-refractivity contribution < 1.29 is 9.59 Å². The van der Waals surface area contributed by atoms with Gasteiger partial charge < -0.3 is 16.0 Å². The van der Waals surface area contributed by atoms with E-state index in [4.69, 9.17) is 0 Å². The zero-order valence-corrected chi connectivity index (χ0v) is 11.6. The van der Waals surface area contributed by atoms with Crippen molar-refractivity contribution in [2.45, 2.75) is 52.1 Å². The SMILES string of the molecule is CCCNC(=O)C(C)NC(=O)C1CCNC(C)C1. The minimum absolute atomic E-state index is 0.00231. The van der Waals surface area contributed by atoms with Crippen LogP contribution in [0.5, 0.6) is 0 Å². The van der Waals surface area contributed by atoms with Crippen LogP contribution in [0.15, 0.2) is 0 Å². The second-order valence-electron chi connectivity index (χ2n) is 5.10. The van der Waals surface area contributed by atoms with Crippen LogP contribution in [-0.2, 0) is 9.59 Å². The molecule has 1 aliphatic heterocycles. The van der Waals surface area contributed by atoms with E-state index in [2.05, 4.69) is 22.9 Å². The summed E-state index contributed by atoms with van der Waals surface area (Å²) in [7, 11) is 0. The Balaban J connectivity index is 2.36. The van der Waals surface area contributed by atoms with Gasteiger partial charge in [-0.1, -0.05) is 6.92 Å². The highest BCUT2D eigenvalue weighted by molar-refractivity contribution is 5.88. The Bertz CT molecular complexity index is 294. The molecular weight excluding hydrogens is 230 g/mol. The predicted molar refractivity (Wildman–Crippen MR) is 71.1 cm³/mol. The van der Waals surface area contributed by atoms with Gasteiger partial charge in [-0.2, -0.15) is 0 Å². The first kappa shape index (κ1) is 15.0. The molecule has 3 atom stereocenters. The Morgan fingerprint density at radius 1 is 1.44 bits per heavy atom. The van der Waals surface area contributed by atoms with Crippen LogP contribution in [0.2, 0.25) is 0 Å². The second-order valence-corrected chi connectivity index (χ2v) is 5.10. The fourth-order valence-electron chi connectivity index (χ4n) is 2.17. The molecule has 0 aromatic rings. The molecule has 0 saturated carbocycles. The lowest BCUT2D eigenvalue weighted by atomic mass is 9.92. The van der Waals surface area contributed by atoms with Gasteiger partial charge in [0.25, 0.3) is 0 Å². The van der Waals surface area contributed by atoms with Gasteiger partial charge in [0.05, 0.1) is 0 Å². The topological polar surface area (TPSA) is 70.2 Å². The highest BCUT2D eigenvalue weighted by Crippen LogP contribution is 2.16. The largest absolute Gasteiger partial charge is 0.354 e. The summed E-state index contributed by atoms with van der Waals surface area (Å²) in [6.07, 6.45) is 2.59. The Kier molecular flexibility index (Phi) is 6.12. The number of piperidine rings is 1. The molecule has 1 heterocycles. The third-order valence-electron chi connectivity index (χ3n) is 3.30. The molecule has 5 heteroatoms. The highest BCUT2D eigenvalue weighted by atomic mass is 16.2. The number of carbonyl (C=O) groups excluding carboxylic acids is 2. The molecule has 3 N–H and O–H groups in total. The zero-order valence-electron chi connectivity index (χ0n) is 11.6. The van der Waals surface area contributed by atoms with Gasteiger partial charge in [-0.25, -0.2) is 0 Å². The van der Waals surface area contributed by atoms with Gasteiger partial charge in [-0.15, -0.1) is 0 Å². The minimum Gasteiger partial charge on any atom is -0.354 e. The molecule has 2 amide bonds. The summed E-state index contributed by atoms with van der Waals surface area (Å²) in [5.41, 5.74) is 0. The van der Waals surface area contributed by atoms with Crippen molar-refractivity contribution in [3.05, 3.63) is 0 Å². The van der Waals surface area contributed by atoms with E-state index < -0.39 is 6.04 Å². The van der Waals surface area contributed by atoms with Crippen LogP contribution in [0, 0.1) is 5.92 Å². The van der Waals surface area contributed by atoms with E-state index in [1.165, 1.54) is 0 Å². The lowest BCUT2D eigenvalue weighted by Gasteiger charge is -2.28. The van der Waals surface area contributed by atoms with E-state index in [-0.39, 0.29) is 17.7 Å². The smallest absolute Gasteiger partial charge is 0.242 e. The van der Waals surface area contributed by atoms with Crippen molar-refractivity contribution in [2.24, 2.45) is 5.92 Å². The van der Waals surface area contributed by atoms with Gasteiger partial charge in [-0.05, 0) is 39.7 Å². The summed E-state index contributed by atoms with van der Waals surface area (Å²) in [6.45, 7) is 7.34. The number of carbonyl (C=O) groups is 2. The van der Waals surface area contributed by atoms with Crippen LogP contribution in [-0.4, -0.2) is 37.0 Å². The lowest BCUT2D eigenvalue weighted by Crippen LogP contribution is -2.49. The van der Waals surface area contributed by atoms with Gasteiger partial charge in [0.2, 0.25) is 11.8 Å². The summed E-state index contributed by atoms with van der Waals surface area (Å²) in [5.74, 6) is -0.0719. The summed E-state index contributed by atoms with van der Waals surface area (Å²) >= 11 is 0. The van der Waals surface area contributed by atoms with Crippen LogP contribution < -0.4 is 16.0 Å². The maximum atomic E-state index is 12.0. The summed E-state index contributed by atoms with van der Waals surface area (Å²) in [6, 6.07) is -0.0760. The Morgan fingerprint density at radius 3 is 2.78 bits per heavy atom. The predicted octanol–water partition coefficient (Wildman–Crippen LogP) is 0.405. The van der Waals surface area contributed by atoms with E-state index in [0.29, 0.717) is 12.6 Å². The van der Waals surface area contributed by atoms with Crippen LogP contribution >= 0.6 is 0 Å². The normalized spacial score (nSPS) is 25.3. The van der Waals surface area contributed by atoms with Gasteiger partial charge in [0.1, 0.15) is 6.04 Å². The molecule has 1 fully saturated rings. The summed E-state index contributed by atoms with van der Waals surface area (Å²) in [5, 5.41) is 8.89.